The molecule has 1 aromatic carbocycles. The summed E-state index contributed by atoms with van der Waals surface area (Å²) >= 11 is 0. The summed E-state index contributed by atoms with van der Waals surface area (Å²) in [4.78, 5) is 41.3. The maximum atomic E-state index is 12.1. The number of fused-ring (bicyclic) bond motifs is 1. The first-order valence-electron chi connectivity index (χ1n) is 7.85. The summed E-state index contributed by atoms with van der Waals surface area (Å²) in [6.07, 6.45) is 6.98. The van der Waals surface area contributed by atoms with Crippen molar-refractivity contribution in [3.63, 3.8) is 0 Å². The van der Waals surface area contributed by atoms with Crippen LogP contribution in [0.5, 0.6) is 0 Å². The second-order valence-electron chi connectivity index (χ2n) is 5.98. The van der Waals surface area contributed by atoms with E-state index in [4.69, 9.17) is 4.84 Å². The van der Waals surface area contributed by atoms with Gasteiger partial charge in [-0.15, -0.1) is 0 Å². The predicted octanol–water partition coefficient (Wildman–Crippen LogP) is 3.10. The standard InChI is InChI=1S/C17H19NO4/c19-15(11-12-7-3-1-2-4-8-12)22-18-16(20)13-9-5-6-10-14(13)17(18)21/h5-6,9-10,12H,1-4,7-8,11H2. The molecule has 0 bridgehead atoms. The number of carbonyl (C=O) groups is 3. The van der Waals surface area contributed by atoms with E-state index >= 15 is 0 Å². The van der Waals surface area contributed by atoms with Gasteiger partial charge in [-0.1, -0.05) is 42.9 Å². The Morgan fingerprint density at radius 3 is 2.09 bits per heavy atom. The second kappa shape index (κ2) is 6.30. The lowest BCUT2D eigenvalue weighted by Gasteiger charge is -2.16. The molecule has 0 atom stereocenters. The Bertz CT molecular complexity index is 567. The number of benzene rings is 1. The minimum atomic E-state index is -0.560. The van der Waals surface area contributed by atoms with Crippen molar-refractivity contribution in [3.8, 4) is 0 Å². The summed E-state index contributed by atoms with van der Waals surface area (Å²) in [6.45, 7) is 0. The van der Waals surface area contributed by atoms with E-state index in [1.165, 1.54) is 12.8 Å². The van der Waals surface area contributed by atoms with Crippen molar-refractivity contribution in [2.45, 2.75) is 44.9 Å². The molecule has 0 spiro atoms. The van der Waals surface area contributed by atoms with Gasteiger partial charge in [0.2, 0.25) is 0 Å². The number of hydroxylamine groups is 2. The average Bonchev–Trinajstić information content (AvgIpc) is 2.72. The third-order valence-electron chi connectivity index (χ3n) is 4.38. The summed E-state index contributed by atoms with van der Waals surface area (Å²) in [7, 11) is 0. The van der Waals surface area contributed by atoms with Gasteiger partial charge in [0.15, 0.2) is 0 Å². The van der Waals surface area contributed by atoms with Crippen molar-refractivity contribution in [1.82, 2.24) is 5.06 Å². The van der Waals surface area contributed by atoms with Gasteiger partial charge >= 0.3 is 5.97 Å². The van der Waals surface area contributed by atoms with Crippen molar-refractivity contribution in [1.29, 1.82) is 0 Å². The highest BCUT2D eigenvalue weighted by Crippen LogP contribution is 2.27. The Morgan fingerprint density at radius 2 is 1.55 bits per heavy atom. The molecule has 1 fully saturated rings. The van der Waals surface area contributed by atoms with Gasteiger partial charge in [0, 0.05) is 0 Å². The summed E-state index contributed by atoms with van der Waals surface area (Å²) in [5.41, 5.74) is 0.574. The molecule has 2 aliphatic rings. The largest absolute Gasteiger partial charge is 0.333 e. The molecule has 5 heteroatoms. The number of rotatable bonds is 3. The highest BCUT2D eigenvalue weighted by atomic mass is 16.7. The van der Waals surface area contributed by atoms with Gasteiger partial charge in [-0.25, -0.2) is 4.79 Å². The van der Waals surface area contributed by atoms with Gasteiger partial charge < -0.3 is 4.84 Å². The van der Waals surface area contributed by atoms with Gasteiger partial charge in [-0.3, -0.25) is 9.59 Å². The lowest BCUT2D eigenvalue weighted by atomic mass is 9.97. The van der Waals surface area contributed by atoms with E-state index < -0.39 is 17.8 Å². The van der Waals surface area contributed by atoms with E-state index in [0.29, 0.717) is 11.0 Å². The topological polar surface area (TPSA) is 63.7 Å². The number of nitrogens with zero attached hydrogens (tertiary/aromatic N) is 1. The molecule has 0 N–H and O–H groups in total. The van der Waals surface area contributed by atoms with Crippen LogP contribution in [0.2, 0.25) is 0 Å². The Labute approximate surface area is 129 Å². The number of amides is 2. The molecule has 116 valence electrons. The number of carbonyl (C=O) groups excluding carboxylic acids is 3. The van der Waals surface area contributed by atoms with E-state index in [1.807, 2.05) is 0 Å². The minimum absolute atomic E-state index is 0.271. The van der Waals surface area contributed by atoms with Crippen LogP contribution in [0.25, 0.3) is 0 Å². The van der Waals surface area contributed by atoms with Gasteiger partial charge in [0.1, 0.15) is 0 Å². The summed E-state index contributed by atoms with van der Waals surface area (Å²) < 4.78 is 0. The molecular weight excluding hydrogens is 282 g/mol. The zero-order valence-corrected chi connectivity index (χ0v) is 12.4. The highest BCUT2D eigenvalue weighted by Gasteiger charge is 2.38. The van der Waals surface area contributed by atoms with Crippen molar-refractivity contribution in [2.75, 3.05) is 0 Å². The molecule has 5 nitrogen and oxygen atoms in total. The van der Waals surface area contributed by atoms with E-state index in [2.05, 4.69) is 0 Å². The highest BCUT2D eigenvalue weighted by molar-refractivity contribution is 6.20. The second-order valence-corrected chi connectivity index (χ2v) is 5.98. The molecule has 1 aliphatic carbocycles. The molecule has 0 radical (unpaired) electrons. The molecule has 3 rings (SSSR count). The van der Waals surface area contributed by atoms with E-state index in [1.54, 1.807) is 24.3 Å². The first-order valence-corrected chi connectivity index (χ1v) is 7.85. The van der Waals surface area contributed by atoms with Gasteiger partial charge in [-0.2, -0.15) is 0 Å². The van der Waals surface area contributed by atoms with Crippen LogP contribution in [0.4, 0.5) is 0 Å². The van der Waals surface area contributed by atoms with Crippen LogP contribution in [0.1, 0.15) is 65.7 Å². The quantitative estimate of drug-likeness (QED) is 0.635. The van der Waals surface area contributed by atoms with Crippen LogP contribution < -0.4 is 0 Å². The normalized spacial score (nSPS) is 19.0. The van der Waals surface area contributed by atoms with Crippen molar-refractivity contribution >= 4 is 17.8 Å². The summed E-state index contributed by atoms with van der Waals surface area (Å²) in [6, 6.07) is 6.49. The van der Waals surface area contributed by atoms with Crippen LogP contribution in [-0.2, 0) is 9.63 Å². The fraction of sp³-hybridized carbons (Fsp3) is 0.471. The van der Waals surface area contributed by atoms with Crippen LogP contribution in [0, 0.1) is 5.92 Å². The van der Waals surface area contributed by atoms with Crippen molar-refractivity contribution < 1.29 is 19.2 Å². The monoisotopic (exact) mass is 301 g/mol. The van der Waals surface area contributed by atoms with E-state index in [9.17, 15) is 14.4 Å². The minimum Gasteiger partial charge on any atom is -0.330 e. The molecule has 1 aromatic rings. The Balaban J connectivity index is 1.63. The Hall–Kier alpha value is -2.17. The van der Waals surface area contributed by atoms with E-state index in [-0.39, 0.29) is 17.5 Å². The van der Waals surface area contributed by atoms with Gasteiger partial charge in [0.05, 0.1) is 17.5 Å². The number of imide groups is 1. The molecule has 1 aliphatic heterocycles. The molecule has 1 heterocycles. The molecule has 1 saturated carbocycles. The van der Waals surface area contributed by atoms with Crippen molar-refractivity contribution in [2.24, 2.45) is 5.92 Å². The molecule has 2 amide bonds. The molecule has 22 heavy (non-hydrogen) atoms. The first-order chi connectivity index (χ1) is 10.7. The third-order valence-corrected chi connectivity index (χ3v) is 4.38. The van der Waals surface area contributed by atoms with Crippen molar-refractivity contribution in [3.05, 3.63) is 35.4 Å². The van der Waals surface area contributed by atoms with Gasteiger partial charge in [0.25, 0.3) is 11.8 Å². The van der Waals surface area contributed by atoms with Crippen LogP contribution >= 0.6 is 0 Å². The van der Waals surface area contributed by atoms with Crippen LogP contribution in [-0.4, -0.2) is 22.8 Å². The lowest BCUT2D eigenvalue weighted by Crippen LogP contribution is -2.33. The maximum Gasteiger partial charge on any atom is 0.333 e. The van der Waals surface area contributed by atoms with Gasteiger partial charge in [-0.05, 0) is 30.9 Å². The molecule has 0 aromatic heterocycles. The fourth-order valence-electron chi connectivity index (χ4n) is 3.19. The third kappa shape index (κ3) is 2.89. The number of hydrogen-bond donors (Lipinski definition) is 0. The SMILES string of the molecule is O=C(CC1CCCCCC1)ON1C(=O)c2ccccc2C1=O. The lowest BCUT2D eigenvalue weighted by molar-refractivity contribution is -0.169. The zero-order chi connectivity index (χ0) is 15.5. The maximum absolute atomic E-state index is 12.1. The average molecular weight is 301 g/mol. The molecule has 0 unspecified atom stereocenters. The number of hydrogen-bond acceptors (Lipinski definition) is 4. The van der Waals surface area contributed by atoms with Crippen LogP contribution in [0.15, 0.2) is 24.3 Å². The first kappa shape index (κ1) is 14.8. The summed E-state index contributed by atoms with van der Waals surface area (Å²) in [5.74, 6) is -1.32. The molecular formula is C17H19NO4. The summed E-state index contributed by atoms with van der Waals surface area (Å²) in [5, 5.41) is 0.601. The fourth-order valence-corrected chi connectivity index (χ4v) is 3.19. The Kier molecular flexibility index (Phi) is 4.22. The molecule has 0 saturated heterocycles. The van der Waals surface area contributed by atoms with E-state index in [0.717, 1.165) is 25.7 Å². The predicted molar refractivity (Wildman–Crippen MR) is 78.8 cm³/mol. The van der Waals surface area contributed by atoms with Crippen LogP contribution in [0.3, 0.4) is 0 Å². The Morgan fingerprint density at radius 1 is 1.00 bits per heavy atom. The smallest absolute Gasteiger partial charge is 0.330 e. The zero-order valence-electron chi connectivity index (χ0n) is 12.4.